The molecule has 0 aromatic heterocycles. The van der Waals surface area contributed by atoms with Gasteiger partial charge in [0.25, 0.3) is 21.8 Å². The number of hydrogen-bond acceptors (Lipinski definition) is 7. The molecule has 2 amide bonds. The molecule has 0 aliphatic heterocycles. The third-order valence-corrected chi connectivity index (χ3v) is 8.51. The lowest BCUT2D eigenvalue weighted by Gasteiger charge is -2.17. The Hall–Kier alpha value is -3.65. The molecule has 38 heavy (non-hydrogen) atoms. The lowest BCUT2D eigenvalue weighted by molar-refractivity contribution is -0.121. The van der Waals surface area contributed by atoms with Crippen LogP contribution >= 0.6 is 11.6 Å². The molecular formula is C24H25ClN4O7S2. The molecule has 11 nitrogen and oxygen atoms in total. The van der Waals surface area contributed by atoms with Gasteiger partial charge < -0.3 is 4.74 Å². The Kier molecular flexibility index (Phi) is 9.33. The van der Waals surface area contributed by atoms with E-state index in [-0.39, 0.29) is 21.0 Å². The van der Waals surface area contributed by atoms with Crippen LogP contribution in [0, 0.1) is 0 Å². The maximum atomic E-state index is 12.6. The first kappa shape index (κ1) is 28.9. The minimum atomic E-state index is -3.95. The van der Waals surface area contributed by atoms with E-state index in [0.717, 1.165) is 4.31 Å². The van der Waals surface area contributed by atoms with E-state index in [1.165, 1.54) is 67.7 Å². The molecule has 0 saturated carbocycles. The number of carbonyl (C=O) groups is 2. The molecule has 3 N–H and O–H groups in total. The normalized spacial score (nSPS) is 11.6. The van der Waals surface area contributed by atoms with Crippen LogP contribution in [0.2, 0.25) is 5.02 Å². The summed E-state index contributed by atoms with van der Waals surface area (Å²) in [6.07, 6.45) is 0. The number of anilines is 1. The van der Waals surface area contributed by atoms with Crippen LogP contribution in [0.3, 0.4) is 0 Å². The van der Waals surface area contributed by atoms with Crippen LogP contribution in [0.5, 0.6) is 5.75 Å². The van der Waals surface area contributed by atoms with Gasteiger partial charge in [-0.05, 0) is 79.7 Å². The van der Waals surface area contributed by atoms with E-state index in [2.05, 4.69) is 15.6 Å². The van der Waals surface area contributed by atoms with E-state index in [9.17, 15) is 26.4 Å². The first-order chi connectivity index (χ1) is 17.9. The third-order valence-electron chi connectivity index (χ3n) is 5.05. The summed E-state index contributed by atoms with van der Waals surface area (Å²) in [4.78, 5) is 24.5. The van der Waals surface area contributed by atoms with Gasteiger partial charge >= 0.3 is 0 Å². The largest absolute Gasteiger partial charge is 0.494 e. The SMILES string of the molecule is CCOc1ccc(S(=O)(=O)Nc2ccc(C(=O)NNC(=O)CN(C)S(=O)(=O)c3ccc(Cl)cc3)cc2)cc1. The molecule has 202 valence electrons. The molecule has 3 aromatic carbocycles. The summed E-state index contributed by atoms with van der Waals surface area (Å²) in [5, 5.41) is 0.366. The van der Waals surface area contributed by atoms with Crippen molar-refractivity contribution >= 4 is 49.1 Å². The number of nitrogens with zero attached hydrogens (tertiary/aromatic N) is 1. The molecule has 14 heteroatoms. The van der Waals surface area contributed by atoms with Crippen molar-refractivity contribution in [3.63, 3.8) is 0 Å². The first-order valence-corrected chi connectivity index (χ1v) is 14.4. The van der Waals surface area contributed by atoms with Gasteiger partial charge in [0.2, 0.25) is 10.0 Å². The monoisotopic (exact) mass is 580 g/mol. The molecular weight excluding hydrogens is 556 g/mol. The van der Waals surface area contributed by atoms with E-state index in [1.54, 1.807) is 12.1 Å². The maximum absolute atomic E-state index is 12.6. The topological polar surface area (TPSA) is 151 Å². The Balaban J connectivity index is 1.54. The molecule has 0 radical (unpaired) electrons. The summed E-state index contributed by atoms with van der Waals surface area (Å²) < 4.78 is 58.9. The average molecular weight is 581 g/mol. The zero-order valence-corrected chi connectivity index (χ0v) is 22.7. The van der Waals surface area contributed by atoms with Gasteiger partial charge in [-0.15, -0.1) is 0 Å². The molecule has 3 rings (SSSR count). The van der Waals surface area contributed by atoms with Crippen molar-refractivity contribution in [2.45, 2.75) is 16.7 Å². The average Bonchev–Trinajstić information content (AvgIpc) is 2.88. The molecule has 0 fully saturated rings. The Morgan fingerprint density at radius 3 is 2.00 bits per heavy atom. The second-order valence-electron chi connectivity index (χ2n) is 7.80. The number of hydrogen-bond donors (Lipinski definition) is 3. The highest BCUT2D eigenvalue weighted by molar-refractivity contribution is 7.92. The van der Waals surface area contributed by atoms with E-state index >= 15 is 0 Å². The summed E-state index contributed by atoms with van der Waals surface area (Å²) in [6.45, 7) is 1.72. The number of nitrogens with one attached hydrogen (secondary N) is 3. The molecule has 0 aliphatic rings. The Morgan fingerprint density at radius 1 is 0.842 bits per heavy atom. The van der Waals surface area contributed by atoms with E-state index in [0.29, 0.717) is 17.4 Å². The minimum absolute atomic E-state index is 0.0357. The van der Waals surface area contributed by atoms with Crippen LogP contribution in [0.15, 0.2) is 82.6 Å². The van der Waals surface area contributed by atoms with Gasteiger partial charge in [-0.1, -0.05) is 11.6 Å². The molecule has 0 spiro atoms. The van der Waals surface area contributed by atoms with Crippen LogP contribution in [0.25, 0.3) is 0 Å². The zero-order chi connectivity index (χ0) is 27.9. The van der Waals surface area contributed by atoms with Crippen molar-refractivity contribution < 1.29 is 31.2 Å². The van der Waals surface area contributed by atoms with E-state index in [4.69, 9.17) is 16.3 Å². The number of sulfonamides is 2. The summed E-state index contributed by atoms with van der Waals surface area (Å²) in [5.41, 5.74) is 4.67. The summed E-state index contributed by atoms with van der Waals surface area (Å²) in [6, 6.07) is 16.9. The Morgan fingerprint density at radius 2 is 1.42 bits per heavy atom. The van der Waals surface area contributed by atoms with E-state index < -0.39 is 38.4 Å². The molecule has 0 atom stereocenters. The number of halogens is 1. The van der Waals surface area contributed by atoms with Gasteiger partial charge in [0.1, 0.15) is 5.75 Å². The molecule has 0 aliphatic carbocycles. The molecule has 0 bridgehead atoms. The van der Waals surface area contributed by atoms with Crippen LogP contribution in [-0.4, -0.2) is 53.2 Å². The first-order valence-electron chi connectivity index (χ1n) is 11.1. The molecule has 0 saturated heterocycles. The number of carbonyl (C=O) groups excluding carboxylic acids is 2. The number of hydrazine groups is 1. The third kappa shape index (κ3) is 7.44. The van der Waals surface area contributed by atoms with Gasteiger partial charge in [0, 0.05) is 23.3 Å². The van der Waals surface area contributed by atoms with Crippen molar-refractivity contribution in [3.05, 3.63) is 83.4 Å². The highest BCUT2D eigenvalue weighted by Crippen LogP contribution is 2.20. The zero-order valence-electron chi connectivity index (χ0n) is 20.3. The number of rotatable bonds is 10. The van der Waals surface area contributed by atoms with Gasteiger partial charge in [-0.25, -0.2) is 16.8 Å². The predicted octanol–water partition coefficient (Wildman–Crippen LogP) is 2.62. The number of ether oxygens (including phenoxy) is 1. The van der Waals surface area contributed by atoms with Gasteiger partial charge in [-0.3, -0.25) is 25.2 Å². The van der Waals surface area contributed by atoms with E-state index in [1.807, 2.05) is 6.92 Å². The van der Waals surface area contributed by atoms with Crippen molar-refractivity contribution in [2.75, 3.05) is 24.9 Å². The van der Waals surface area contributed by atoms with Gasteiger partial charge in [0.05, 0.1) is 22.9 Å². The second-order valence-corrected chi connectivity index (χ2v) is 12.0. The van der Waals surface area contributed by atoms with Crippen LogP contribution in [0.4, 0.5) is 5.69 Å². The Bertz CT molecular complexity index is 1490. The highest BCUT2D eigenvalue weighted by Gasteiger charge is 2.23. The minimum Gasteiger partial charge on any atom is -0.494 e. The number of benzene rings is 3. The molecule has 0 heterocycles. The standard InChI is InChI=1S/C24H25ClN4O7S2/c1-3-36-20-10-14-21(15-11-20)37(32,33)28-19-8-4-17(5-9-19)24(31)27-26-23(30)16-29(2)38(34,35)22-12-6-18(25)7-13-22/h4-15,28H,3,16H2,1-2H3,(H,26,30)(H,27,31). The molecule has 0 unspecified atom stereocenters. The van der Waals surface area contributed by atoms with Gasteiger partial charge in [-0.2, -0.15) is 4.31 Å². The van der Waals surface area contributed by atoms with Crippen molar-refractivity contribution in [1.29, 1.82) is 0 Å². The highest BCUT2D eigenvalue weighted by atomic mass is 35.5. The smallest absolute Gasteiger partial charge is 0.269 e. The fourth-order valence-corrected chi connectivity index (χ4v) is 5.41. The number of amides is 2. The van der Waals surface area contributed by atoms with Gasteiger partial charge in [0.15, 0.2) is 0 Å². The second kappa shape index (κ2) is 12.3. The summed E-state index contributed by atoms with van der Waals surface area (Å²) in [5.74, 6) is -0.927. The van der Waals surface area contributed by atoms with Crippen molar-refractivity contribution in [1.82, 2.24) is 15.2 Å². The van der Waals surface area contributed by atoms with Crippen molar-refractivity contribution in [2.24, 2.45) is 0 Å². The Labute approximate surface area is 225 Å². The van der Waals surface area contributed by atoms with Crippen LogP contribution < -0.4 is 20.3 Å². The van der Waals surface area contributed by atoms with Crippen LogP contribution in [-0.2, 0) is 24.8 Å². The summed E-state index contributed by atoms with van der Waals surface area (Å²) in [7, 11) is -6.60. The lowest BCUT2D eigenvalue weighted by Crippen LogP contribution is -2.46. The fraction of sp³-hybridized carbons (Fsp3) is 0.167. The quantitative estimate of drug-likeness (QED) is 0.312. The predicted molar refractivity (Wildman–Crippen MR) is 142 cm³/mol. The van der Waals surface area contributed by atoms with Crippen LogP contribution in [0.1, 0.15) is 17.3 Å². The number of likely N-dealkylation sites (N-methyl/N-ethyl adjacent to an activating group) is 1. The fourth-order valence-electron chi connectivity index (χ4n) is 3.10. The maximum Gasteiger partial charge on any atom is 0.269 e. The van der Waals surface area contributed by atoms with Crippen molar-refractivity contribution in [3.8, 4) is 5.75 Å². The molecule has 3 aromatic rings. The lowest BCUT2D eigenvalue weighted by atomic mass is 10.2. The summed E-state index contributed by atoms with van der Waals surface area (Å²) >= 11 is 5.78.